The molecule has 6 rings (SSSR count). The van der Waals surface area contributed by atoms with Crippen LogP contribution in [-0.4, -0.2) is 72.0 Å². The Morgan fingerprint density at radius 1 is 1.25 bits per heavy atom. The summed E-state index contributed by atoms with van der Waals surface area (Å²) in [5.74, 6) is -2.47. The van der Waals surface area contributed by atoms with E-state index in [1.54, 1.807) is 10.8 Å². The van der Waals surface area contributed by atoms with Gasteiger partial charge in [-0.05, 0) is 6.07 Å². The molecule has 0 radical (unpaired) electrons. The van der Waals surface area contributed by atoms with Crippen molar-refractivity contribution in [2.45, 2.75) is 24.9 Å². The molecular weight excluding hydrogens is 627 g/mol. The van der Waals surface area contributed by atoms with Gasteiger partial charge in [0.1, 0.15) is 40.6 Å². The van der Waals surface area contributed by atoms with Crippen molar-refractivity contribution in [2.75, 3.05) is 18.6 Å². The summed E-state index contributed by atoms with van der Waals surface area (Å²) in [5.41, 5.74) is 13.4. The van der Waals surface area contributed by atoms with Gasteiger partial charge in [0.25, 0.3) is 0 Å². The minimum absolute atomic E-state index is 0.0344. The molecular formula is C27H26N9O5S3+. The molecule has 0 aliphatic carbocycles. The van der Waals surface area contributed by atoms with Crippen molar-refractivity contribution >= 4 is 79.7 Å². The minimum Gasteiger partial charge on any atom is -0.477 e. The van der Waals surface area contributed by atoms with E-state index in [4.69, 9.17) is 21.7 Å². The van der Waals surface area contributed by atoms with E-state index in [-0.39, 0.29) is 41.0 Å². The first-order valence-corrected chi connectivity index (χ1v) is 16.0. The van der Waals surface area contributed by atoms with Crippen molar-refractivity contribution in [1.29, 1.82) is 5.41 Å². The van der Waals surface area contributed by atoms with Crippen LogP contribution in [0.4, 0.5) is 5.13 Å². The van der Waals surface area contributed by atoms with Crippen molar-refractivity contribution in [1.82, 2.24) is 19.4 Å². The highest BCUT2D eigenvalue weighted by atomic mass is 32.2. The van der Waals surface area contributed by atoms with Crippen LogP contribution in [0.3, 0.4) is 0 Å². The molecule has 1 amide bonds. The van der Waals surface area contributed by atoms with Crippen LogP contribution in [0.25, 0.3) is 10.9 Å². The fourth-order valence-corrected chi connectivity index (χ4v) is 7.98. The summed E-state index contributed by atoms with van der Waals surface area (Å²) in [7, 11) is 1.31. The molecule has 2 aliphatic heterocycles. The third-order valence-electron chi connectivity index (χ3n) is 7.26. The van der Waals surface area contributed by atoms with Crippen molar-refractivity contribution in [3.63, 3.8) is 0 Å². The van der Waals surface area contributed by atoms with Gasteiger partial charge in [-0.25, -0.2) is 14.8 Å². The number of carbonyl (C=O) groups is 3. The molecule has 1 saturated heterocycles. The lowest BCUT2D eigenvalue weighted by molar-refractivity contribution is -0.687. The number of thioether (sulfide) groups is 1. The number of Topliss-reactive ketones (excluding diaryl/α,β-unsaturated/α-hetero) is 1. The van der Waals surface area contributed by atoms with Crippen molar-refractivity contribution < 1.29 is 28.9 Å². The molecule has 0 bridgehead atoms. The van der Waals surface area contributed by atoms with Gasteiger partial charge < -0.3 is 26.0 Å². The lowest BCUT2D eigenvalue weighted by atomic mass is 9.89. The van der Waals surface area contributed by atoms with E-state index in [9.17, 15) is 19.5 Å². The molecule has 2 atom stereocenters. The third-order valence-corrected chi connectivity index (χ3v) is 10.2. The number of amides is 1. The van der Waals surface area contributed by atoms with E-state index in [0.717, 1.165) is 27.2 Å². The molecule has 6 N–H and O–H groups in total. The van der Waals surface area contributed by atoms with Gasteiger partial charge in [0.15, 0.2) is 35.6 Å². The number of carbonyl (C=O) groups excluding carboxylic acids is 2. The number of ketones is 1. The predicted octanol–water partition coefficient (Wildman–Crippen LogP) is 1.64. The number of rotatable bonds is 11. The molecule has 44 heavy (non-hydrogen) atoms. The van der Waals surface area contributed by atoms with E-state index >= 15 is 0 Å². The second-order valence-corrected chi connectivity index (χ2v) is 13.0. The number of nitrogens with zero attached hydrogens (tertiary/aromatic N) is 6. The van der Waals surface area contributed by atoms with E-state index in [1.165, 1.54) is 35.1 Å². The molecule has 2 aliphatic rings. The van der Waals surface area contributed by atoms with Gasteiger partial charge in [0.05, 0.1) is 17.8 Å². The first-order valence-electron chi connectivity index (χ1n) is 13.2. The maximum atomic E-state index is 13.3. The molecule has 6 heterocycles. The Morgan fingerprint density at radius 2 is 2.05 bits per heavy atom. The number of thiazole rings is 2. The zero-order valence-electron chi connectivity index (χ0n) is 23.2. The van der Waals surface area contributed by atoms with Crippen LogP contribution in [0, 0.1) is 11.3 Å². The van der Waals surface area contributed by atoms with Gasteiger partial charge in [-0.1, -0.05) is 5.16 Å². The van der Waals surface area contributed by atoms with E-state index in [0.29, 0.717) is 23.6 Å². The van der Waals surface area contributed by atoms with E-state index < -0.39 is 29.0 Å². The van der Waals surface area contributed by atoms with Gasteiger partial charge in [0, 0.05) is 46.2 Å². The second-order valence-electron chi connectivity index (χ2n) is 10.0. The average molecular weight is 653 g/mol. The highest BCUT2D eigenvalue weighted by molar-refractivity contribution is 8.00. The smallest absolute Gasteiger partial charge is 0.352 e. The summed E-state index contributed by atoms with van der Waals surface area (Å²) in [4.78, 5) is 53.5. The molecule has 0 spiro atoms. The molecule has 4 aromatic heterocycles. The van der Waals surface area contributed by atoms with Crippen LogP contribution < -0.4 is 16.0 Å². The number of β-lactam (4-membered cyclic amide) rings is 1. The Labute approximate surface area is 262 Å². The Balaban J connectivity index is 1.21. The number of pyridine rings is 1. The number of anilines is 1. The lowest BCUT2D eigenvalue weighted by Gasteiger charge is -2.49. The molecule has 0 unspecified atom stereocenters. The van der Waals surface area contributed by atoms with Crippen LogP contribution >= 0.6 is 34.4 Å². The SMILES string of the molecule is CO/N=C(\C(=O)C[C@@H]1C(=O)N2C(C(=O)O)=C(C[n+]3ccc4ccn(Cc5nc(C(=N)N)cs5)c4c3)CS[C@H]12)c1csc(N)n1. The number of aliphatic carboxylic acids is 1. The Bertz CT molecular complexity index is 1890. The highest BCUT2D eigenvalue weighted by Gasteiger charge is 2.54. The van der Waals surface area contributed by atoms with Gasteiger partial charge in [-0.2, -0.15) is 4.57 Å². The number of carboxylic acids is 1. The molecule has 17 heteroatoms. The largest absolute Gasteiger partial charge is 0.477 e. The molecule has 0 saturated carbocycles. The van der Waals surface area contributed by atoms with Crippen LogP contribution in [0.15, 0.2) is 57.9 Å². The number of aromatic nitrogens is 4. The summed E-state index contributed by atoms with van der Waals surface area (Å²) in [6, 6.07) is 3.93. The predicted molar refractivity (Wildman–Crippen MR) is 165 cm³/mol. The number of nitrogens with two attached hydrogens (primary N) is 2. The van der Waals surface area contributed by atoms with E-state index in [1.807, 2.05) is 39.9 Å². The zero-order valence-corrected chi connectivity index (χ0v) is 25.6. The third kappa shape index (κ3) is 5.44. The lowest BCUT2D eigenvalue weighted by Crippen LogP contribution is -2.62. The van der Waals surface area contributed by atoms with Gasteiger partial charge >= 0.3 is 5.97 Å². The first-order chi connectivity index (χ1) is 21.1. The molecule has 14 nitrogen and oxygen atoms in total. The summed E-state index contributed by atoms with van der Waals surface area (Å²) in [6.45, 7) is 0.749. The minimum atomic E-state index is -1.20. The number of hydrogen-bond acceptors (Lipinski definition) is 12. The zero-order chi connectivity index (χ0) is 31.1. The van der Waals surface area contributed by atoms with Crippen LogP contribution in [0.1, 0.15) is 22.8 Å². The Hall–Kier alpha value is -4.61. The molecule has 4 aromatic rings. The summed E-state index contributed by atoms with van der Waals surface area (Å²) in [5, 5.41) is 26.5. The van der Waals surface area contributed by atoms with E-state index in [2.05, 4.69) is 15.1 Å². The van der Waals surface area contributed by atoms with Crippen LogP contribution in [0.5, 0.6) is 0 Å². The maximum Gasteiger partial charge on any atom is 0.352 e. The first kappa shape index (κ1) is 29.5. The second kappa shape index (κ2) is 11.8. The maximum absolute atomic E-state index is 13.3. The Kier molecular flexibility index (Phi) is 7.91. The quantitative estimate of drug-likeness (QED) is 0.0606. The summed E-state index contributed by atoms with van der Waals surface area (Å²) < 4.78 is 3.91. The standard InChI is InChI=1S/C27H25N9O5S3/c1-41-33-21(16-11-44-27(30)32-16)19(37)6-15-24(38)36-22(26(39)40)14(10-43-25(15)36)7-34-4-2-13-3-5-35(18(13)8-34)9-20-31-17(12-42-20)23(28)29/h2-5,8,11-12,15,25H,6-7,9-10H2,1H3,(H5-,28,29,30,32,39,40)/p+1/b33-21-/t15-,25-/m1/s1. The summed E-state index contributed by atoms with van der Waals surface area (Å²) in [6.07, 6.45) is 5.58. The van der Waals surface area contributed by atoms with Crippen molar-refractivity contribution in [2.24, 2.45) is 16.8 Å². The molecule has 1 fully saturated rings. The number of fused-ring (bicyclic) bond motifs is 2. The van der Waals surface area contributed by atoms with Crippen LogP contribution in [-0.2, 0) is 32.3 Å². The Morgan fingerprint density at radius 3 is 2.73 bits per heavy atom. The number of hydrogen-bond donors (Lipinski definition) is 4. The normalized spacial score (nSPS) is 18.3. The molecule has 226 valence electrons. The number of amidine groups is 1. The summed E-state index contributed by atoms with van der Waals surface area (Å²) >= 11 is 4.00. The van der Waals surface area contributed by atoms with Gasteiger partial charge in [-0.3, -0.25) is 19.9 Å². The number of oxime groups is 1. The van der Waals surface area contributed by atoms with Crippen LogP contribution in [0.2, 0.25) is 0 Å². The fourth-order valence-electron chi connectivity index (χ4n) is 5.24. The number of nitrogen functional groups attached to an aromatic ring is 2. The average Bonchev–Trinajstić information content (AvgIpc) is 3.75. The van der Waals surface area contributed by atoms with Crippen molar-refractivity contribution in [3.8, 4) is 0 Å². The highest BCUT2D eigenvalue weighted by Crippen LogP contribution is 2.45. The van der Waals surface area contributed by atoms with Gasteiger partial charge in [-0.15, -0.1) is 34.4 Å². The fraction of sp³-hybridized carbons (Fsp3) is 0.259. The molecule has 0 aromatic carbocycles. The monoisotopic (exact) mass is 652 g/mol. The topological polar surface area (TPSA) is 207 Å². The number of nitrogens with one attached hydrogen (secondary N) is 1. The van der Waals surface area contributed by atoms with Gasteiger partial charge in [0.2, 0.25) is 5.91 Å². The number of carboxylic acid groups (broad SMARTS) is 1. The van der Waals surface area contributed by atoms with Crippen molar-refractivity contribution in [3.05, 3.63) is 69.1 Å².